The van der Waals surface area contributed by atoms with Crippen LogP contribution >= 0.6 is 34.8 Å². The highest BCUT2D eigenvalue weighted by molar-refractivity contribution is 6.62. The van der Waals surface area contributed by atoms with Gasteiger partial charge in [-0.2, -0.15) is 0 Å². The molecule has 4 N–H and O–H groups in total. The van der Waals surface area contributed by atoms with E-state index in [1.165, 1.54) is 26.6 Å². The Kier molecular flexibility index (Phi) is 134. The van der Waals surface area contributed by atoms with Crippen molar-refractivity contribution < 1.29 is 97.5 Å². The third-order valence-corrected chi connectivity index (χ3v) is 3.61. The predicted molar refractivity (Wildman–Crippen MR) is 218 cm³/mol. The van der Waals surface area contributed by atoms with E-state index in [2.05, 4.69) is 39.5 Å². The largest absolute Gasteiger partial charge is 0.481 e. The van der Waals surface area contributed by atoms with E-state index >= 15 is 0 Å². The summed E-state index contributed by atoms with van der Waals surface area (Å²) in [6, 6.07) is 0. The van der Waals surface area contributed by atoms with Crippen molar-refractivity contribution in [1.29, 1.82) is 0 Å². The van der Waals surface area contributed by atoms with Gasteiger partial charge < -0.3 is 72.5 Å². The van der Waals surface area contributed by atoms with Crippen LogP contribution in [0, 0.1) is 0 Å². The van der Waals surface area contributed by atoms with Crippen LogP contribution in [0.25, 0.3) is 0 Å². The summed E-state index contributed by atoms with van der Waals surface area (Å²) < 4.78 is 69.9. The fraction of sp³-hybridized carbons (Fsp3) is 0.882. The minimum Gasteiger partial charge on any atom is -0.481 e. The number of aliphatic hydroxyl groups excluding tert-OH is 2. The van der Waals surface area contributed by atoms with Crippen molar-refractivity contribution in [2.24, 2.45) is 0 Å². The van der Waals surface area contributed by atoms with Crippen LogP contribution in [0.5, 0.6) is 0 Å². The van der Waals surface area contributed by atoms with E-state index in [1.807, 2.05) is 0 Å². The van der Waals surface area contributed by atoms with Gasteiger partial charge in [-0.1, -0.05) is 0 Å². The van der Waals surface area contributed by atoms with E-state index in [9.17, 15) is 14.0 Å². The SMILES string of the molecule is CC(=O)Cl.CC(=O)O.CC(=O)O.CCl.CCl.CO.COCCOCCOCCO.COCCOCCOCCOC.COCCOCCOCCOC(C)=O.[2H]CF. The molecular formula is C34H76Cl3FO19. The van der Waals surface area contributed by atoms with E-state index in [4.69, 9.17) is 78.8 Å². The van der Waals surface area contributed by atoms with Crippen molar-refractivity contribution >= 4 is 58.0 Å². The van der Waals surface area contributed by atoms with Crippen LogP contribution in [0.1, 0.15) is 29.1 Å². The zero-order chi connectivity index (χ0) is 47.5. The maximum absolute atomic E-state index is 10.3. The molecule has 0 aliphatic heterocycles. The molecule has 0 unspecified atom stereocenters. The standard InChI is InChI=1S/C9H18O5.C8H18O4.C7H16O4.C2H3ClO.2C2H4O2.2CH3Cl.CH3F.CH4O/c1-9(10)14-8-7-13-6-5-12-4-3-11-2;1-9-3-5-11-7-8-12-6-4-10-2;1-9-4-5-11-7-6-10-3-2-8;3*1-2(3)4;4*1-2/h3-8H2,1-2H3;3-8H2,1-2H3;8H,2-7H2,1H3;1H3;2*1H3,(H,3,4);3*1H3;2H,1H3/i;;;;;;;;1D;. The third-order valence-electron chi connectivity index (χ3n) is 3.61. The number of hydrogen-bond acceptors (Lipinski definition) is 17. The van der Waals surface area contributed by atoms with Gasteiger partial charge in [0.25, 0.3) is 11.9 Å². The maximum Gasteiger partial charge on any atom is 0.302 e. The molecule has 0 saturated carbocycles. The van der Waals surface area contributed by atoms with Crippen LogP contribution in [0.3, 0.4) is 0 Å². The van der Waals surface area contributed by atoms with Crippen LogP contribution in [0.4, 0.5) is 4.39 Å². The first-order valence-electron chi connectivity index (χ1n) is 17.2. The lowest BCUT2D eigenvalue weighted by Gasteiger charge is -2.05. The molecular weight excluding hydrogens is 838 g/mol. The van der Waals surface area contributed by atoms with Gasteiger partial charge in [-0.05, 0) is 11.6 Å². The molecule has 0 saturated heterocycles. The number of esters is 1. The molecule has 0 atom stereocenters. The zero-order valence-corrected chi connectivity index (χ0v) is 38.1. The monoisotopic (exact) mass is 913 g/mol. The number of methoxy groups -OCH3 is 4. The molecule has 0 fully saturated rings. The molecule has 23 heteroatoms. The Morgan fingerprint density at radius 1 is 0.491 bits per heavy atom. The smallest absolute Gasteiger partial charge is 0.302 e. The van der Waals surface area contributed by atoms with E-state index in [0.717, 1.165) is 21.0 Å². The topological polar surface area (TPSA) is 251 Å². The molecule has 0 aliphatic carbocycles. The quantitative estimate of drug-likeness (QED) is 0.0421. The highest BCUT2D eigenvalue weighted by Gasteiger charge is 1.93. The first kappa shape index (κ1) is 76.2. The highest BCUT2D eigenvalue weighted by atomic mass is 35.5. The lowest BCUT2D eigenvalue weighted by atomic mass is 10.7. The summed E-state index contributed by atoms with van der Waals surface area (Å²) in [6.07, 6.45) is 2.94. The Bertz CT molecular complexity index is 628. The number of aliphatic hydroxyl groups is 2. The molecule has 0 aromatic heterocycles. The summed E-state index contributed by atoms with van der Waals surface area (Å²) in [4.78, 5) is 37.5. The second kappa shape index (κ2) is 99.9. The molecule has 354 valence electrons. The number of carbonyl (C=O) groups excluding carboxylic acids is 2. The summed E-state index contributed by atoms with van der Waals surface area (Å²) in [5.41, 5.74) is 0. The number of carboxylic acid groups (broad SMARTS) is 2. The molecule has 0 aromatic carbocycles. The van der Waals surface area contributed by atoms with Gasteiger partial charge in [0.05, 0.1) is 121 Å². The normalized spacial score (nSPS) is 8.68. The molecule has 0 aliphatic rings. The zero-order valence-electron chi connectivity index (χ0n) is 36.9. The van der Waals surface area contributed by atoms with E-state index in [-0.39, 0.29) is 17.8 Å². The highest BCUT2D eigenvalue weighted by Crippen LogP contribution is 1.83. The number of ether oxygens (including phenoxy) is 11. The molecule has 0 rings (SSSR count). The summed E-state index contributed by atoms with van der Waals surface area (Å²) in [5, 5.41) is 29.8. The molecule has 0 bridgehead atoms. The van der Waals surface area contributed by atoms with Crippen molar-refractivity contribution in [1.82, 2.24) is 0 Å². The van der Waals surface area contributed by atoms with Crippen molar-refractivity contribution in [2.75, 3.05) is 174 Å². The van der Waals surface area contributed by atoms with Crippen LogP contribution < -0.4 is 0 Å². The Balaban J connectivity index is -0.0000000602. The van der Waals surface area contributed by atoms with Gasteiger partial charge in [-0.25, -0.2) is 0 Å². The first-order valence-corrected chi connectivity index (χ1v) is 18.4. The average molecular weight is 915 g/mol. The number of rotatable bonds is 26. The lowest BCUT2D eigenvalue weighted by Crippen LogP contribution is -2.12. The maximum atomic E-state index is 10.3. The number of aliphatic carboxylic acids is 2. The van der Waals surface area contributed by atoms with Crippen molar-refractivity contribution in [3.63, 3.8) is 0 Å². The molecule has 57 heavy (non-hydrogen) atoms. The molecule has 0 radical (unpaired) electrons. The van der Waals surface area contributed by atoms with Crippen LogP contribution in [-0.4, -0.2) is 218 Å². The lowest BCUT2D eigenvalue weighted by molar-refractivity contribution is -0.142. The van der Waals surface area contributed by atoms with Gasteiger partial charge in [-0.3, -0.25) is 23.6 Å². The van der Waals surface area contributed by atoms with Gasteiger partial charge >= 0.3 is 5.97 Å². The molecule has 0 aromatic rings. The van der Waals surface area contributed by atoms with Crippen LogP contribution in [-0.2, 0) is 71.3 Å². The molecule has 0 spiro atoms. The fourth-order valence-corrected chi connectivity index (χ4v) is 1.84. The Labute approximate surface area is 356 Å². The van der Waals surface area contributed by atoms with Gasteiger partial charge in [0.15, 0.2) is 0 Å². The number of alkyl halides is 3. The molecule has 0 amide bonds. The van der Waals surface area contributed by atoms with Crippen LogP contribution in [0.15, 0.2) is 0 Å². The fourth-order valence-electron chi connectivity index (χ4n) is 1.84. The van der Waals surface area contributed by atoms with Gasteiger partial charge in [-0.15, -0.1) is 23.2 Å². The van der Waals surface area contributed by atoms with E-state index in [0.29, 0.717) is 112 Å². The van der Waals surface area contributed by atoms with Crippen LogP contribution in [0.2, 0.25) is 0 Å². The minimum absolute atomic E-state index is 0.0675. The average Bonchev–Trinajstić information content (AvgIpc) is 3.17. The minimum atomic E-state index is -1.00. The number of carbonyl (C=O) groups is 4. The Morgan fingerprint density at radius 2 is 0.649 bits per heavy atom. The Hall–Kier alpha value is -1.60. The van der Waals surface area contributed by atoms with E-state index < -0.39 is 19.1 Å². The van der Waals surface area contributed by atoms with Gasteiger partial charge in [0.1, 0.15) is 6.61 Å². The van der Waals surface area contributed by atoms with Crippen molar-refractivity contribution in [2.45, 2.75) is 27.7 Å². The third kappa shape index (κ3) is 214. The van der Waals surface area contributed by atoms with Gasteiger partial charge in [0.2, 0.25) is 5.24 Å². The summed E-state index contributed by atoms with van der Waals surface area (Å²) in [5.74, 6) is -1.95. The summed E-state index contributed by atoms with van der Waals surface area (Å²) in [6.45, 7) is 14.3. The number of hydrogen-bond donors (Lipinski definition) is 4. The predicted octanol–water partition coefficient (Wildman–Crippen LogP) is 3.06. The second-order valence-corrected chi connectivity index (χ2v) is 8.75. The van der Waals surface area contributed by atoms with E-state index in [1.54, 1.807) is 28.4 Å². The summed E-state index contributed by atoms with van der Waals surface area (Å²) >= 11 is 13.9. The number of carboxylic acids is 2. The Morgan fingerprint density at radius 3 is 0.807 bits per heavy atom. The molecule has 19 nitrogen and oxygen atoms in total. The molecule has 0 heterocycles. The first-order chi connectivity index (χ1) is 27.7. The van der Waals surface area contributed by atoms with Gasteiger partial charge in [0, 0.05) is 76.0 Å². The number of halogens is 4. The summed E-state index contributed by atoms with van der Waals surface area (Å²) in [7, 11) is 6.56. The second-order valence-electron chi connectivity index (χ2n) is 8.22. The van der Waals surface area contributed by atoms with Crippen molar-refractivity contribution in [3.05, 3.63) is 0 Å². The van der Waals surface area contributed by atoms with Crippen molar-refractivity contribution in [3.8, 4) is 0 Å².